The van der Waals surface area contributed by atoms with Gasteiger partial charge in [-0.2, -0.15) is 9.61 Å². The van der Waals surface area contributed by atoms with Crippen LogP contribution in [0.1, 0.15) is 11.1 Å². The topological polar surface area (TPSA) is 75.7 Å². The van der Waals surface area contributed by atoms with E-state index in [4.69, 9.17) is 0 Å². The van der Waals surface area contributed by atoms with Crippen LogP contribution in [0.5, 0.6) is 0 Å². The fourth-order valence-corrected chi connectivity index (χ4v) is 4.15. The van der Waals surface area contributed by atoms with Crippen LogP contribution in [0.3, 0.4) is 0 Å². The second kappa shape index (κ2) is 8.54. The Morgan fingerprint density at radius 2 is 1.64 bits per heavy atom. The van der Waals surface area contributed by atoms with Gasteiger partial charge in [0.25, 0.3) is 0 Å². The summed E-state index contributed by atoms with van der Waals surface area (Å²) in [5.74, 6) is -0.109. The molecular weight excluding hydrogens is 416 g/mol. The lowest BCUT2D eigenvalue weighted by Gasteiger charge is -2.36. The van der Waals surface area contributed by atoms with Gasteiger partial charge in [-0.25, -0.2) is 9.48 Å². The number of rotatable bonds is 4. The highest BCUT2D eigenvalue weighted by atomic mass is 16.2. The summed E-state index contributed by atoms with van der Waals surface area (Å²) in [5, 5.41) is 8.81. The van der Waals surface area contributed by atoms with Gasteiger partial charge in [-0.05, 0) is 55.3 Å². The molecule has 1 amide bonds. The number of aromatic nitrogens is 4. The number of benzene rings is 2. The summed E-state index contributed by atoms with van der Waals surface area (Å²) in [5.41, 5.74) is 5.17. The minimum atomic E-state index is -0.410. The molecule has 1 aliphatic heterocycles. The van der Waals surface area contributed by atoms with Crippen LogP contribution in [0.15, 0.2) is 65.5 Å². The molecule has 0 atom stereocenters. The van der Waals surface area contributed by atoms with Crippen LogP contribution in [-0.4, -0.2) is 56.4 Å². The largest absolute Gasteiger partial charge is 0.368 e. The number of fused-ring (bicyclic) bond motifs is 1. The van der Waals surface area contributed by atoms with Crippen molar-refractivity contribution in [2.24, 2.45) is 0 Å². The average Bonchev–Trinajstić information content (AvgIpc) is 3.16. The van der Waals surface area contributed by atoms with Crippen LogP contribution < -0.4 is 10.6 Å². The lowest BCUT2D eigenvalue weighted by atomic mass is 10.0. The molecule has 4 aromatic rings. The zero-order chi connectivity index (χ0) is 22.9. The summed E-state index contributed by atoms with van der Waals surface area (Å²) in [4.78, 5) is 29.8. The predicted octanol–water partition coefficient (Wildman–Crippen LogP) is 2.52. The molecule has 1 saturated heterocycles. The van der Waals surface area contributed by atoms with Crippen LogP contribution in [0.4, 0.5) is 5.69 Å². The van der Waals surface area contributed by atoms with Gasteiger partial charge in [0, 0.05) is 37.4 Å². The summed E-state index contributed by atoms with van der Waals surface area (Å²) in [7, 11) is 0. The summed E-state index contributed by atoms with van der Waals surface area (Å²) in [6.45, 7) is 6.77. The molecule has 1 aliphatic rings. The van der Waals surface area contributed by atoms with E-state index in [0.717, 1.165) is 29.9 Å². The van der Waals surface area contributed by atoms with Crippen molar-refractivity contribution in [1.29, 1.82) is 0 Å². The summed E-state index contributed by atoms with van der Waals surface area (Å²) >= 11 is 0. The fourth-order valence-electron chi connectivity index (χ4n) is 4.15. The number of amides is 1. The van der Waals surface area contributed by atoms with E-state index in [9.17, 15) is 9.59 Å². The number of carbonyl (C=O) groups excluding carboxylic acids is 1. The Morgan fingerprint density at radius 1 is 0.879 bits per heavy atom. The molecule has 5 rings (SSSR count). The summed E-state index contributed by atoms with van der Waals surface area (Å²) < 4.78 is 2.48. The van der Waals surface area contributed by atoms with Gasteiger partial charge in [0.05, 0.1) is 5.69 Å². The fraction of sp³-hybridized carbons (Fsp3) is 0.280. The van der Waals surface area contributed by atoms with Crippen LogP contribution in [0.25, 0.3) is 16.9 Å². The van der Waals surface area contributed by atoms with Gasteiger partial charge in [0.15, 0.2) is 5.65 Å². The van der Waals surface area contributed by atoms with E-state index in [1.807, 2.05) is 43.3 Å². The van der Waals surface area contributed by atoms with Gasteiger partial charge in [-0.1, -0.05) is 30.3 Å². The van der Waals surface area contributed by atoms with Gasteiger partial charge in [-0.3, -0.25) is 4.79 Å². The minimum Gasteiger partial charge on any atom is -0.368 e. The Kier molecular flexibility index (Phi) is 5.42. The maximum atomic E-state index is 12.9. The van der Waals surface area contributed by atoms with Crippen LogP contribution in [-0.2, 0) is 11.3 Å². The van der Waals surface area contributed by atoms with Crippen molar-refractivity contribution in [2.75, 3.05) is 31.1 Å². The van der Waals surface area contributed by atoms with E-state index in [-0.39, 0.29) is 12.5 Å². The Balaban J connectivity index is 1.31. The zero-order valence-corrected chi connectivity index (χ0v) is 18.8. The molecule has 0 bridgehead atoms. The molecular formula is C25H26N6O2. The Labute approximate surface area is 191 Å². The molecule has 8 heteroatoms. The number of para-hydroxylation sites is 1. The molecule has 0 radical (unpaired) electrons. The van der Waals surface area contributed by atoms with Gasteiger partial charge < -0.3 is 9.80 Å². The molecule has 168 valence electrons. The standard InChI is InChI=1S/C25H26N6O2/c1-18-8-9-20(16-19(18)2)22-10-11-23-27-30(25(33)31(23)26-22)17-24(32)29-14-12-28(13-15-29)21-6-4-3-5-7-21/h3-11,16H,12-15,17H2,1-2H3. The number of anilines is 1. The first-order valence-electron chi connectivity index (χ1n) is 11.1. The van der Waals surface area contributed by atoms with Crippen molar-refractivity contribution in [3.63, 3.8) is 0 Å². The molecule has 0 N–H and O–H groups in total. The molecule has 3 heterocycles. The third-order valence-electron chi connectivity index (χ3n) is 6.28. The lowest BCUT2D eigenvalue weighted by Crippen LogP contribution is -2.50. The smallest absolute Gasteiger partial charge is 0.367 e. The van der Waals surface area contributed by atoms with Crippen LogP contribution in [0.2, 0.25) is 0 Å². The zero-order valence-electron chi connectivity index (χ0n) is 18.8. The highest BCUT2D eigenvalue weighted by molar-refractivity contribution is 5.76. The predicted molar refractivity (Wildman–Crippen MR) is 127 cm³/mol. The van der Waals surface area contributed by atoms with Gasteiger partial charge >= 0.3 is 5.69 Å². The van der Waals surface area contributed by atoms with Crippen molar-refractivity contribution in [1.82, 2.24) is 24.3 Å². The van der Waals surface area contributed by atoms with E-state index in [0.29, 0.717) is 24.4 Å². The molecule has 2 aromatic carbocycles. The number of hydrogen-bond donors (Lipinski definition) is 0. The number of nitrogens with zero attached hydrogens (tertiary/aromatic N) is 6. The molecule has 0 saturated carbocycles. The highest BCUT2D eigenvalue weighted by Crippen LogP contribution is 2.20. The summed E-state index contributed by atoms with van der Waals surface area (Å²) in [6, 6.07) is 19.9. The maximum absolute atomic E-state index is 12.9. The summed E-state index contributed by atoms with van der Waals surface area (Å²) in [6.07, 6.45) is 0. The Bertz CT molecular complexity index is 1370. The van der Waals surface area contributed by atoms with Crippen LogP contribution >= 0.6 is 0 Å². The van der Waals surface area contributed by atoms with E-state index in [1.54, 1.807) is 11.0 Å². The van der Waals surface area contributed by atoms with E-state index in [2.05, 4.69) is 40.2 Å². The average molecular weight is 443 g/mol. The van der Waals surface area contributed by atoms with Gasteiger partial charge in [-0.15, -0.1) is 5.10 Å². The molecule has 33 heavy (non-hydrogen) atoms. The molecule has 8 nitrogen and oxygen atoms in total. The van der Waals surface area contributed by atoms with Crippen molar-refractivity contribution in [3.05, 3.63) is 82.3 Å². The second-order valence-corrected chi connectivity index (χ2v) is 8.43. The van der Waals surface area contributed by atoms with E-state index < -0.39 is 5.69 Å². The monoisotopic (exact) mass is 442 g/mol. The van der Waals surface area contributed by atoms with E-state index in [1.165, 1.54) is 14.8 Å². The SMILES string of the molecule is Cc1ccc(-c2ccc3nn(CC(=O)N4CCN(c5ccccc5)CC4)c(=O)n3n2)cc1C. The molecule has 2 aromatic heterocycles. The number of piperazine rings is 1. The number of hydrogen-bond acceptors (Lipinski definition) is 5. The van der Waals surface area contributed by atoms with Crippen molar-refractivity contribution in [3.8, 4) is 11.3 Å². The van der Waals surface area contributed by atoms with Crippen LogP contribution in [0, 0.1) is 13.8 Å². The number of carbonyl (C=O) groups is 1. The third-order valence-corrected chi connectivity index (χ3v) is 6.28. The second-order valence-electron chi connectivity index (χ2n) is 8.43. The first kappa shape index (κ1) is 20.9. The lowest BCUT2D eigenvalue weighted by molar-refractivity contribution is -0.132. The molecule has 0 spiro atoms. The maximum Gasteiger partial charge on any atom is 0.367 e. The van der Waals surface area contributed by atoms with Crippen molar-refractivity contribution >= 4 is 17.2 Å². The van der Waals surface area contributed by atoms with Crippen molar-refractivity contribution in [2.45, 2.75) is 20.4 Å². The van der Waals surface area contributed by atoms with Gasteiger partial charge in [0.2, 0.25) is 5.91 Å². The molecule has 0 unspecified atom stereocenters. The third kappa shape index (κ3) is 4.11. The van der Waals surface area contributed by atoms with E-state index >= 15 is 0 Å². The molecule has 0 aliphatic carbocycles. The Hall–Kier alpha value is -3.94. The highest BCUT2D eigenvalue weighted by Gasteiger charge is 2.23. The van der Waals surface area contributed by atoms with Gasteiger partial charge in [0.1, 0.15) is 6.54 Å². The number of aryl methyl sites for hydroxylation is 2. The molecule has 1 fully saturated rings. The quantitative estimate of drug-likeness (QED) is 0.486. The first-order valence-corrected chi connectivity index (χ1v) is 11.1. The Morgan fingerprint density at radius 3 is 2.36 bits per heavy atom. The minimum absolute atomic E-state index is 0.0908. The van der Waals surface area contributed by atoms with Crippen molar-refractivity contribution < 1.29 is 4.79 Å². The normalized spacial score (nSPS) is 14.1. The first-order chi connectivity index (χ1) is 16.0.